The number of likely N-dealkylation sites (tertiary alicyclic amines) is 1. The maximum Gasteiger partial charge on any atom is 0.409 e. The van der Waals surface area contributed by atoms with E-state index >= 15 is 0 Å². The summed E-state index contributed by atoms with van der Waals surface area (Å²) in [5, 5.41) is 6.72. The van der Waals surface area contributed by atoms with Gasteiger partial charge in [0.25, 0.3) is 0 Å². The molecule has 8 nitrogen and oxygen atoms in total. The van der Waals surface area contributed by atoms with Crippen molar-refractivity contribution < 1.29 is 14.3 Å². The molecule has 1 aliphatic heterocycles. The molecule has 1 aromatic heterocycles. The number of hydrogen-bond donors (Lipinski definition) is 2. The Morgan fingerprint density at radius 3 is 2.69 bits per heavy atom. The van der Waals surface area contributed by atoms with Gasteiger partial charge in [0.2, 0.25) is 5.88 Å². The Labute approximate surface area is 155 Å². The third-order valence-electron chi connectivity index (χ3n) is 4.13. The van der Waals surface area contributed by atoms with Crippen molar-refractivity contribution in [1.29, 1.82) is 0 Å². The van der Waals surface area contributed by atoms with Crippen LogP contribution in [-0.4, -0.2) is 61.3 Å². The third kappa shape index (κ3) is 6.09. The lowest BCUT2D eigenvalue weighted by Gasteiger charge is -2.32. The van der Waals surface area contributed by atoms with Gasteiger partial charge in [-0.15, -0.1) is 0 Å². The summed E-state index contributed by atoms with van der Waals surface area (Å²) in [6.07, 6.45) is 3.28. The zero-order chi connectivity index (χ0) is 18.8. The lowest BCUT2D eigenvalue weighted by atomic mass is 10.1. The predicted molar refractivity (Wildman–Crippen MR) is 100 cm³/mol. The van der Waals surface area contributed by atoms with Crippen molar-refractivity contribution in [3.8, 4) is 5.88 Å². The van der Waals surface area contributed by atoms with Crippen molar-refractivity contribution >= 4 is 12.1 Å². The van der Waals surface area contributed by atoms with E-state index in [1.165, 1.54) is 0 Å². The molecule has 1 aromatic rings. The standard InChI is InChI=1S/C18H29N5O3/c1-4-19-17(21-13-14-6-7-16(25-3)20-12-14)22-15-8-10-23(11-9-15)18(24)26-5-2/h6-7,12,15H,4-5,8-11,13H2,1-3H3,(H2,19,21,22). The highest BCUT2D eigenvalue weighted by Crippen LogP contribution is 2.12. The van der Waals surface area contributed by atoms with Gasteiger partial charge < -0.3 is 25.0 Å². The molecule has 0 unspecified atom stereocenters. The zero-order valence-electron chi connectivity index (χ0n) is 15.8. The molecule has 0 radical (unpaired) electrons. The molecule has 8 heteroatoms. The van der Waals surface area contributed by atoms with Crippen LogP contribution in [0.15, 0.2) is 23.3 Å². The van der Waals surface area contributed by atoms with E-state index in [1.54, 1.807) is 18.2 Å². The van der Waals surface area contributed by atoms with Gasteiger partial charge in [-0.25, -0.2) is 14.8 Å². The summed E-state index contributed by atoms with van der Waals surface area (Å²) in [6, 6.07) is 4.07. The fourth-order valence-electron chi connectivity index (χ4n) is 2.73. The fourth-order valence-corrected chi connectivity index (χ4v) is 2.73. The first-order valence-corrected chi connectivity index (χ1v) is 9.11. The summed E-state index contributed by atoms with van der Waals surface area (Å²) in [7, 11) is 1.60. The molecule has 2 rings (SSSR count). The van der Waals surface area contributed by atoms with Crippen LogP contribution in [0, 0.1) is 0 Å². The Bertz CT molecular complexity index is 583. The average molecular weight is 363 g/mol. The van der Waals surface area contributed by atoms with Crippen molar-refractivity contribution in [3.63, 3.8) is 0 Å². The highest BCUT2D eigenvalue weighted by Gasteiger charge is 2.23. The number of nitrogens with one attached hydrogen (secondary N) is 2. The first kappa shape index (κ1) is 19.8. The number of pyridine rings is 1. The summed E-state index contributed by atoms with van der Waals surface area (Å²) in [5.74, 6) is 1.37. The second-order valence-electron chi connectivity index (χ2n) is 6.01. The van der Waals surface area contributed by atoms with Crippen LogP contribution in [0.25, 0.3) is 0 Å². The Kier molecular flexibility index (Phi) is 7.98. The number of guanidine groups is 1. The van der Waals surface area contributed by atoms with Crippen LogP contribution in [0.3, 0.4) is 0 Å². The minimum atomic E-state index is -0.224. The lowest BCUT2D eigenvalue weighted by molar-refractivity contribution is 0.0963. The first-order chi connectivity index (χ1) is 12.7. The minimum absolute atomic E-state index is 0.224. The third-order valence-corrected chi connectivity index (χ3v) is 4.13. The molecule has 0 atom stereocenters. The molecule has 0 aromatic carbocycles. The number of aliphatic imine (C=N–C) groups is 1. The summed E-state index contributed by atoms with van der Waals surface area (Å²) in [6.45, 7) is 6.98. The smallest absolute Gasteiger partial charge is 0.409 e. The lowest BCUT2D eigenvalue weighted by Crippen LogP contribution is -2.49. The maximum atomic E-state index is 11.8. The number of piperidine rings is 1. The molecule has 0 aliphatic carbocycles. The SMILES string of the molecule is CCNC(=NCc1ccc(OC)nc1)NC1CCN(C(=O)OCC)CC1. The molecule has 144 valence electrons. The van der Waals surface area contributed by atoms with Gasteiger partial charge in [0.15, 0.2) is 5.96 Å². The normalized spacial score (nSPS) is 15.5. The van der Waals surface area contributed by atoms with Crippen LogP contribution in [0.5, 0.6) is 5.88 Å². The van der Waals surface area contributed by atoms with E-state index < -0.39 is 0 Å². The molecular formula is C18H29N5O3. The molecule has 2 N–H and O–H groups in total. The molecule has 1 aliphatic rings. The van der Waals surface area contributed by atoms with E-state index in [-0.39, 0.29) is 12.1 Å². The Hall–Kier alpha value is -2.51. The average Bonchev–Trinajstić information content (AvgIpc) is 2.67. The second-order valence-corrected chi connectivity index (χ2v) is 6.01. The largest absolute Gasteiger partial charge is 0.481 e. The molecule has 1 saturated heterocycles. The topological polar surface area (TPSA) is 88.1 Å². The van der Waals surface area contributed by atoms with Gasteiger partial charge in [-0.2, -0.15) is 0 Å². The van der Waals surface area contributed by atoms with Gasteiger partial charge in [0.05, 0.1) is 20.3 Å². The highest BCUT2D eigenvalue weighted by molar-refractivity contribution is 5.80. The molecular weight excluding hydrogens is 334 g/mol. The van der Waals surface area contributed by atoms with Crippen molar-refractivity contribution in [2.45, 2.75) is 39.3 Å². The second kappa shape index (κ2) is 10.5. The van der Waals surface area contributed by atoms with Gasteiger partial charge in [-0.1, -0.05) is 6.07 Å². The molecule has 26 heavy (non-hydrogen) atoms. The molecule has 1 fully saturated rings. The molecule has 0 spiro atoms. The fraction of sp³-hybridized carbons (Fsp3) is 0.611. The van der Waals surface area contributed by atoms with Crippen LogP contribution in [0.1, 0.15) is 32.3 Å². The number of aromatic nitrogens is 1. The number of hydrogen-bond acceptors (Lipinski definition) is 5. The van der Waals surface area contributed by atoms with Crippen molar-refractivity contribution in [2.24, 2.45) is 4.99 Å². The molecule has 0 bridgehead atoms. The van der Waals surface area contributed by atoms with Crippen molar-refractivity contribution in [1.82, 2.24) is 20.5 Å². The number of amides is 1. The molecule has 0 saturated carbocycles. The van der Waals surface area contributed by atoms with Crippen LogP contribution in [-0.2, 0) is 11.3 Å². The van der Waals surface area contributed by atoms with Crippen LogP contribution < -0.4 is 15.4 Å². The maximum absolute atomic E-state index is 11.8. The quantitative estimate of drug-likeness (QED) is 0.592. The van der Waals surface area contributed by atoms with E-state index in [4.69, 9.17) is 9.47 Å². The first-order valence-electron chi connectivity index (χ1n) is 9.11. The van der Waals surface area contributed by atoms with Crippen molar-refractivity contribution in [2.75, 3.05) is 33.4 Å². The van der Waals surface area contributed by atoms with Gasteiger partial charge >= 0.3 is 6.09 Å². The number of ether oxygens (including phenoxy) is 2. The number of carbonyl (C=O) groups excluding carboxylic acids is 1. The van der Waals surface area contributed by atoms with E-state index in [1.807, 2.05) is 26.0 Å². The van der Waals surface area contributed by atoms with E-state index in [2.05, 4.69) is 20.6 Å². The van der Waals surface area contributed by atoms with Crippen LogP contribution in [0.2, 0.25) is 0 Å². The number of rotatable bonds is 6. The number of carbonyl (C=O) groups is 1. The molecule has 2 heterocycles. The Morgan fingerprint density at radius 1 is 1.35 bits per heavy atom. The minimum Gasteiger partial charge on any atom is -0.481 e. The number of nitrogens with zero attached hydrogens (tertiary/aromatic N) is 3. The van der Waals surface area contributed by atoms with E-state index in [9.17, 15) is 4.79 Å². The Morgan fingerprint density at radius 2 is 2.12 bits per heavy atom. The summed E-state index contributed by atoms with van der Waals surface area (Å²) in [5.41, 5.74) is 1.01. The summed E-state index contributed by atoms with van der Waals surface area (Å²) < 4.78 is 10.1. The van der Waals surface area contributed by atoms with Crippen LogP contribution >= 0.6 is 0 Å². The van der Waals surface area contributed by atoms with E-state index in [0.29, 0.717) is 32.1 Å². The van der Waals surface area contributed by atoms with Gasteiger partial charge in [-0.3, -0.25) is 0 Å². The monoisotopic (exact) mass is 363 g/mol. The predicted octanol–water partition coefficient (Wildman–Crippen LogP) is 1.77. The van der Waals surface area contributed by atoms with Crippen molar-refractivity contribution in [3.05, 3.63) is 23.9 Å². The van der Waals surface area contributed by atoms with Crippen LogP contribution in [0.4, 0.5) is 4.79 Å². The summed E-state index contributed by atoms with van der Waals surface area (Å²) in [4.78, 5) is 22.3. The van der Waals surface area contributed by atoms with E-state index in [0.717, 1.165) is 30.9 Å². The van der Waals surface area contributed by atoms with Gasteiger partial charge in [0.1, 0.15) is 0 Å². The molecule has 1 amide bonds. The zero-order valence-corrected chi connectivity index (χ0v) is 15.8. The van der Waals surface area contributed by atoms with Gasteiger partial charge in [-0.05, 0) is 32.3 Å². The number of methoxy groups -OCH3 is 1. The van der Waals surface area contributed by atoms with Gasteiger partial charge in [0, 0.05) is 37.9 Å². The highest BCUT2D eigenvalue weighted by atomic mass is 16.6. The summed E-state index contributed by atoms with van der Waals surface area (Å²) >= 11 is 0. The Balaban J connectivity index is 1.86.